The van der Waals surface area contributed by atoms with E-state index in [1.807, 2.05) is 36.7 Å². The van der Waals surface area contributed by atoms with Gasteiger partial charge in [-0.2, -0.15) is 10.4 Å². The quantitative estimate of drug-likeness (QED) is 0.442. The third-order valence-corrected chi connectivity index (χ3v) is 5.92. The molecule has 5 heterocycles. The first-order chi connectivity index (χ1) is 16.1. The van der Waals surface area contributed by atoms with Crippen molar-refractivity contribution in [2.45, 2.75) is 6.54 Å². The summed E-state index contributed by atoms with van der Waals surface area (Å²) in [6.45, 7) is 4.58. The molecule has 4 aromatic rings. The summed E-state index contributed by atoms with van der Waals surface area (Å²) in [4.78, 5) is 13.7. The average Bonchev–Trinajstić information content (AvgIpc) is 3.27. The molecule has 0 atom stereocenters. The Morgan fingerprint density at radius 3 is 2.58 bits per heavy atom. The number of hydrogen-bond donors (Lipinski definition) is 0. The van der Waals surface area contributed by atoms with E-state index in [1.165, 1.54) is 5.56 Å². The molecule has 2 radical (unpaired) electrons. The van der Waals surface area contributed by atoms with E-state index in [0.29, 0.717) is 16.9 Å². The molecule has 0 unspecified atom stereocenters. The Kier molecular flexibility index (Phi) is 5.67. The number of anilines is 1. The number of nitriles is 1. The fraction of sp³-hybridized carbons (Fsp3) is 0.250. The lowest BCUT2D eigenvalue weighted by molar-refractivity contribution is 0.249. The van der Waals surface area contributed by atoms with Crippen molar-refractivity contribution >= 4 is 24.6 Å². The Hall–Kier alpha value is -3.90. The predicted octanol–water partition coefficient (Wildman–Crippen LogP) is 1.79. The number of hydrogen-bond acceptors (Lipinski definition) is 7. The van der Waals surface area contributed by atoms with Gasteiger partial charge >= 0.3 is 0 Å². The first-order valence-electron chi connectivity index (χ1n) is 10.7. The van der Waals surface area contributed by atoms with Gasteiger partial charge in [0.1, 0.15) is 19.7 Å². The second kappa shape index (κ2) is 8.92. The molecule has 0 N–H and O–H groups in total. The highest BCUT2D eigenvalue weighted by molar-refractivity contribution is 6.32. The second-order valence-electron chi connectivity index (χ2n) is 8.03. The lowest BCUT2D eigenvalue weighted by Gasteiger charge is -2.35. The fourth-order valence-electron chi connectivity index (χ4n) is 4.19. The summed E-state index contributed by atoms with van der Waals surface area (Å²) >= 11 is 0. The van der Waals surface area contributed by atoms with Gasteiger partial charge in [0, 0.05) is 68.5 Å². The molecule has 0 aromatic carbocycles. The number of aromatic nitrogens is 4. The lowest BCUT2D eigenvalue weighted by atomic mass is 9.94. The van der Waals surface area contributed by atoms with Gasteiger partial charge in [0.25, 0.3) is 0 Å². The first kappa shape index (κ1) is 21.0. The van der Waals surface area contributed by atoms with Crippen LogP contribution in [0.1, 0.15) is 11.1 Å². The maximum absolute atomic E-state index is 9.45. The minimum Gasteiger partial charge on any atom is -0.481 e. The van der Waals surface area contributed by atoms with E-state index in [9.17, 15) is 5.26 Å². The lowest BCUT2D eigenvalue weighted by Crippen LogP contribution is -2.46. The number of nitrogens with zero attached hydrogens (tertiary/aromatic N) is 7. The molecule has 1 aliphatic heterocycles. The molecule has 33 heavy (non-hydrogen) atoms. The smallest absolute Gasteiger partial charge is 0.212 e. The van der Waals surface area contributed by atoms with Crippen LogP contribution in [0.3, 0.4) is 0 Å². The molecule has 4 aromatic heterocycles. The molecular formula is C24H22BN7O. The Bertz CT molecular complexity index is 1300. The first-order valence-corrected chi connectivity index (χ1v) is 10.7. The standard InChI is InChI=1S/C24H22BN7O/c1-33-23-5-2-17(12-28-23)15-30-6-8-31(9-7-30)22-4-3-18(13-27-22)21-10-20(25)16-32-24(21)19(11-26)14-29-32/h2-5,10,12-14,16H,6-9,15H2,1H3. The SMILES string of the molecule is [B]c1cc(-c2ccc(N3CCN(Cc4ccc(OC)nc4)CC3)nc2)c2c(C#N)cnn2c1. The number of methoxy groups -OCH3 is 1. The molecule has 8 nitrogen and oxygen atoms in total. The monoisotopic (exact) mass is 435 g/mol. The molecule has 1 saturated heterocycles. The van der Waals surface area contributed by atoms with E-state index in [0.717, 1.165) is 55.2 Å². The molecule has 9 heteroatoms. The van der Waals surface area contributed by atoms with E-state index in [1.54, 1.807) is 24.0 Å². The normalized spacial score (nSPS) is 14.4. The Balaban J connectivity index is 1.28. The molecule has 5 rings (SSSR count). The highest BCUT2D eigenvalue weighted by Gasteiger charge is 2.19. The van der Waals surface area contributed by atoms with Gasteiger partial charge in [-0.25, -0.2) is 14.5 Å². The van der Waals surface area contributed by atoms with Gasteiger partial charge in [-0.05, 0) is 17.7 Å². The highest BCUT2D eigenvalue weighted by Crippen LogP contribution is 2.27. The van der Waals surface area contributed by atoms with Crippen LogP contribution >= 0.6 is 0 Å². The summed E-state index contributed by atoms with van der Waals surface area (Å²) in [5.74, 6) is 1.58. The van der Waals surface area contributed by atoms with Gasteiger partial charge in [0.2, 0.25) is 5.88 Å². The average molecular weight is 435 g/mol. The van der Waals surface area contributed by atoms with Crippen molar-refractivity contribution in [3.63, 3.8) is 0 Å². The number of rotatable bonds is 5. The van der Waals surface area contributed by atoms with Gasteiger partial charge in [-0.3, -0.25) is 4.90 Å². The summed E-state index contributed by atoms with van der Waals surface area (Å²) in [5, 5.41) is 13.7. The van der Waals surface area contributed by atoms with Gasteiger partial charge in [0.05, 0.1) is 24.4 Å². The van der Waals surface area contributed by atoms with Crippen molar-refractivity contribution in [3.05, 3.63) is 66.2 Å². The highest BCUT2D eigenvalue weighted by atomic mass is 16.5. The van der Waals surface area contributed by atoms with E-state index in [2.05, 4.69) is 32.0 Å². The zero-order chi connectivity index (χ0) is 22.8. The second-order valence-corrected chi connectivity index (χ2v) is 8.03. The van der Waals surface area contributed by atoms with Crippen molar-refractivity contribution in [2.24, 2.45) is 0 Å². The van der Waals surface area contributed by atoms with Crippen LogP contribution in [0, 0.1) is 11.3 Å². The van der Waals surface area contributed by atoms with Crippen molar-refractivity contribution < 1.29 is 4.74 Å². The summed E-state index contributed by atoms with van der Waals surface area (Å²) < 4.78 is 6.78. The van der Waals surface area contributed by atoms with Crippen molar-refractivity contribution in [2.75, 3.05) is 38.2 Å². The molecule has 0 spiro atoms. The van der Waals surface area contributed by atoms with Crippen LogP contribution in [0.15, 0.2) is 55.1 Å². The maximum Gasteiger partial charge on any atom is 0.212 e. The van der Waals surface area contributed by atoms with E-state index >= 15 is 0 Å². The van der Waals surface area contributed by atoms with Crippen molar-refractivity contribution in [3.8, 4) is 23.1 Å². The van der Waals surface area contributed by atoms with Crippen LogP contribution in [-0.4, -0.2) is 65.6 Å². The zero-order valence-electron chi connectivity index (χ0n) is 18.3. The number of fused-ring (bicyclic) bond motifs is 1. The summed E-state index contributed by atoms with van der Waals surface area (Å²) in [6.07, 6.45) is 6.98. The van der Waals surface area contributed by atoms with Gasteiger partial charge in [-0.1, -0.05) is 17.6 Å². The number of ether oxygens (including phenoxy) is 1. The number of pyridine rings is 3. The van der Waals surface area contributed by atoms with Crippen LogP contribution in [0.25, 0.3) is 16.6 Å². The molecule has 0 bridgehead atoms. The molecule has 0 amide bonds. The molecule has 0 aliphatic carbocycles. The van der Waals surface area contributed by atoms with Gasteiger partial charge in [-0.15, -0.1) is 0 Å². The maximum atomic E-state index is 9.45. The van der Waals surface area contributed by atoms with Crippen molar-refractivity contribution in [1.82, 2.24) is 24.5 Å². The van der Waals surface area contributed by atoms with Crippen LogP contribution in [-0.2, 0) is 6.54 Å². The summed E-state index contributed by atoms with van der Waals surface area (Å²) in [7, 11) is 7.68. The summed E-state index contributed by atoms with van der Waals surface area (Å²) in [6, 6.07) is 12.1. The summed E-state index contributed by atoms with van der Waals surface area (Å²) in [5.41, 5.74) is 4.76. The minimum absolute atomic E-state index is 0.511. The fourth-order valence-corrected chi connectivity index (χ4v) is 4.19. The number of piperazine rings is 1. The third kappa shape index (κ3) is 4.25. The molecule has 1 fully saturated rings. The Labute approximate surface area is 193 Å². The molecular weight excluding hydrogens is 413 g/mol. The third-order valence-electron chi connectivity index (χ3n) is 5.92. The topological polar surface area (TPSA) is 82.6 Å². The Morgan fingerprint density at radius 2 is 1.91 bits per heavy atom. The van der Waals surface area contributed by atoms with E-state index in [-0.39, 0.29) is 0 Å². The van der Waals surface area contributed by atoms with Gasteiger partial charge < -0.3 is 9.64 Å². The van der Waals surface area contributed by atoms with Crippen LogP contribution in [0.2, 0.25) is 0 Å². The van der Waals surface area contributed by atoms with Gasteiger partial charge in [0.15, 0.2) is 0 Å². The Morgan fingerprint density at radius 1 is 1.06 bits per heavy atom. The molecule has 1 aliphatic rings. The largest absolute Gasteiger partial charge is 0.481 e. The zero-order valence-corrected chi connectivity index (χ0v) is 18.3. The van der Waals surface area contributed by atoms with E-state index < -0.39 is 0 Å². The van der Waals surface area contributed by atoms with E-state index in [4.69, 9.17) is 17.6 Å². The molecule has 162 valence electrons. The van der Waals surface area contributed by atoms with Crippen LogP contribution in [0.4, 0.5) is 5.82 Å². The predicted molar refractivity (Wildman–Crippen MR) is 127 cm³/mol. The van der Waals surface area contributed by atoms with Crippen LogP contribution in [0.5, 0.6) is 5.88 Å². The molecule has 0 saturated carbocycles. The minimum atomic E-state index is 0.511. The van der Waals surface area contributed by atoms with Crippen LogP contribution < -0.4 is 15.1 Å². The van der Waals surface area contributed by atoms with Crippen molar-refractivity contribution in [1.29, 1.82) is 5.26 Å².